The number of rotatable bonds is 2. The maximum Gasteiger partial charge on any atom is 0.416 e. The highest BCUT2D eigenvalue weighted by Crippen LogP contribution is 2.39. The van der Waals surface area contributed by atoms with Gasteiger partial charge >= 0.3 is 12.1 Å². The highest BCUT2D eigenvalue weighted by Gasteiger charge is 2.36. The van der Waals surface area contributed by atoms with Crippen LogP contribution in [0.4, 0.5) is 18.9 Å². The van der Waals surface area contributed by atoms with E-state index in [4.69, 9.17) is 5.11 Å². The third-order valence-electron chi connectivity index (χ3n) is 2.71. The molecule has 2 rings (SSSR count). The molecule has 4 nitrogen and oxygen atoms in total. The second-order valence-corrected chi connectivity index (χ2v) is 3.94. The van der Waals surface area contributed by atoms with E-state index in [0.717, 1.165) is 18.2 Å². The fourth-order valence-corrected chi connectivity index (χ4v) is 1.88. The number of benzene rings is 1. The largest absolute Gasteiger partial charge is 0.481 e. The van der Waals surface area contributed by atoms with Gasteiger partial charge < -0.3 is 10.4 Å². The molecule has 7 heteroatoms. The summed E-state index contributed by atoms with van der Waals surface area (Å²) in [5.41, 5.74) is -0.579. The Hall–Kier alpha value is -2.05. The monoisotopic (exact) mass is 259 g/mol. The summed E-state index contributed by atoms with van der Waals surface area (Å²) in [6.45, 7) is 0. The van der Waals surface area contributed by atoms with Gasteiger partial charge in [-0.25, -0.2) is 0 Å². The number of carboxylic acids is 1. The van der Waals surface area contributed by atoms with Crippen molar-refractivity contribution >= 4 is 17.6 Å². The van der Waals surface area contributed by atoms with Gasteiger partial charge in [-0.05, 0) is 23.8 Å². The van der Waals surface area contributed by atoms with Crippen molar-refractivity contribution in [2.24, 2.45) is 0 Å². The van der Waals surface area contributed by atoms with Crippen LogP contribution in [0.25, 0.3) is 0 Å². The number of carboxylic acid groups (broad SMARTS) is 1. The average molecular weight is 259 g/mol. The molecule has 2 N–H and O–H groups in total. The smallest absolute Gasteiger partial charge is 0.416 e. The fraction of sp³-hybridized carbons (Fsp3) is 0.273. The van der Waals surface area contributed by atoms with Gasteiger partial charge in [0.2, 0.25) is 5.91 Å². The van der Waals surface area contributed by atoms with Gasteiger partial charge in [0.05, 0.1) is 17.9 Å². The number of alkyl halides is 3. The molecule has 0 saturated heterocycles. The number of halogens is 3. The van der Waals surface area contributed by atoms with Crippen LogP contribution in [-0.4, -0.2) is 17.0 Å². The predicted molar refractivity (Wildman–Crippen MR) is 55.1 cm³/mol. The highest BCUT2D eigenvalue weighted by molar-refractivity contribution is 6.04. The third-order valence-corrected chi connectivity index (χ3v) is 2.71. The van der Waals surface area contributed by atoms with E-state index >= 15 is 0 Å². The zero-order valence-corrected chi connectivity index (χ0v) is 8.91. The molecule has 1 unspecified atom stereocenters. The number of aliphatic carboxylic acids is 1. The quantitative estimate of drug-likeness (QED) is 0.855. The molecule has 1 amide bonds. The van der Waals surface area contributed by atoms with Crippen molar-refractivity contribution in [3.63, 3.8) is 0 Å². The summed E-state index contributed by atoms with van der Waals surface area (Å²) in [6, 6.07) is 2.81. The summed E-state index contributed by atoms with van der Waals surface area (Å²) >= 11 is 0. The number of amides is 1. The van der Waals surface area contributed by atoms with Gasteiger partial charge in [0, 0.05) is 5.69 Å². The summed E-state index contributed by atoms with van der Waals surface area (Å²) in [5.74, 6) is -2.90. The number of carbonyl (C=O) groups excluding carboxylic acids is 1. The third kappa shape index (κ3) is 2.15. The van der Waals surface area contributed by atoms with Crippen LogP contribution in [0.15, 0.2) is 18.2 Å². The Morgan fingerprint density at radius 1 is 1.39 bits per heavy atom. The van der Waals surface area contributed by atoms with Gasteiger partial charge in [-0.15, -0.1) is 0 Å². The first-order valence-electron chi connectivity index (χ1n) is 5.03. The average Bonchev–Trinajstić information content (AvgIpc) is 2.53. The SMILES string of the molecule is O=C(O)CC1C(=O)Nc2ccc(C(F)(F)F)cc21. The van der Waals surface area contributed by atoms with E-state index in [9.17, 15) is 22.8 Å². The highest BCUT2D eigenvalue weighted by atomic mass is 19.4. The summed E-state index contributed by atoms with van der Waals surface area (Å²) in [6.07, 6.45) is -5.05. The fourth-order valence-electron chi connectivity index (χ4n) is 1.88. The molecule has 0 radical (unpaired) electrons. The number of fused-ring (bicyclic) bond motifs is 1. The Morgan fingerprint density at radius 3 is 2.61 bits per heavy atom. The Morgan fingerprint density at radius 2 is 2.06 bits per heavy atom. The van der Waals surface area contributed by atoms with Gasteiger partial charge in [-0.2, -0.15) is 13.2 Å². The van der Waals surface area contributed by atoms with E-state index in [0.29, 0.717) is 0 Å². The summed E-state index contributed by atoms with van der Waals surface area (Å²) in [4.78, 5) is 22.1. The van der Waals surface area contributed by atoms with Crippen LogP contribution in [-0.2, 0) is 15.8 Å². The van der Waals surface area contributed by atoms with Crippen LogP contribution >= 0.6 is 0 Å². The Balaban J connectivity index is 2.43. The van der Waals surface area contributed by atoms with Crippen LogP contribution < -0.4 is 5.32 Å². The lowest BCUT2D eigenvalue weighted by molar-refractivity contribution is -0.138. The van der Waals surface area contributed by atoms with Gasteiger partial charge in [-0.1, -0.05) is 0 Å². The molecule has 1 aliphatic heterocycles. The lowest BCUT2D eigenvalue weighted by Crippen LogP contribution is -2.15. The first-order chi connectivity index (χ1) is 8.29. The lowest BCUT2D eigenvalue weighted by Gasteiger charge is -2.10. The number of nitrogens with one attached hydrogen (secondary N) is 1. The molecule has 1 aromatic rings. The van der Waals surface area contributed by atoms with Crippen LogP contribution in [0.5, 0.6) is 0 Å². The second kappa shape index (κ2) is 4.01. The van der Waals surface area contributed by atoms with Gasteiger partial charge in [0.1, 0.15) is 0 Å². The molecule has 1 aliphatic rings. The Kier molecular flexibility index (Phi) is 2.76. The van der Waals surface area contributed by atoms with Crippen molar-refractivity contribution in [2.75, 3.05) is 5.32 Å². The Bertz CT molecular complexity index is 525. The minimum absolute atomic E-state index is 0.0808. The van der Waals surface area contributed by atoms with E-state index in [2.05, 4.69) is 5.32 Å². The van der Waals surface area contributed by atoms with Gasteiger partial charge in [0.15, 0.2) is 0 Å². The van der Waals surface area contributed by atoms with Gasteiger partial charge in [0.25, 0.3) is 0 Å². The number of hydrogen-bond acceptors (Lipinski definition) is 2. The Labute approximate surface area is 99.4 Å². The maximum absolute atomic E-state index is 12.5. The minimum Gasteiger partial charge on any atom is -0.481 e. The minimum atomic E-state index is -4.52. The molecule has 96 valence electrons. The molecule has 0 bridgehead atoms. The maximum atomic E-state index is 12.5. The van der Waals surface area contributed by atoms with Crippen LogP contribution in [0, 0.1) is 0 Å². The van der Waals surface area contributed by atoms with Crippen LogP contribution in [0.2, 0.25) is 0 Å². The van der Waals surface area contributed by atoms with Crippen LogP contribution in [0.1, 0.15) is 23.5 Å². The summed E-state index contributed by atoms with van der Waals surface area (Å²) < 4.78 is 37.6. The number of anilines is 1. The molecule has 0 aliphatic carbocycles. The van der Waals surface area contributed by atoms with E-state index in [1.54, 1.807) is 0 Å². The van der Waals surface area contributed by atoms with Crippen LogP contribution in [0.3, 0.4) is 0 Å². The standard InChI is InChI=1S/C11H8F3NO3/c12-11(13,14)5-1-2-8-6(3-5)7(4-9(16)17)10(18)15-8/h1-3,7H,4H2,(H,15,18)(H,16,17). The molecular weight excluding hydrogens is 251 g/mol. The van der Waals surface area contributed by atoms with Crippen molar-refractivity contribution < 1.29 is 27.9 Å². The molecular formula is C11H8F3NO3. The first kappa shape index (κ1) is 12.4. The second-order valence-electron chi connectivity index (χ2n) is 3.94. The zero-order valence-electron chi connectivity index (χ0n) is 8.91. The molecule has 0 spiro atoms. The van der Waals surface area contributed by atoms with Crippen molar-refractivity contribution in [1.82, 2.24) is 0 Å². The normalized spacial score (nSPS) is 18.4. The molecule has 1 atom stereocenters. The molecule has 0 fully saturated rings. The predicted octanol–water partition coefficient (Wildman–Crippen LogP) is 2.22. The topological polar surface area (TPSA) is 66.4 Å². The van der Waals surface area contributed by atoms with E-state index < -0.39 is 36.0 Å². The molecule has 1 heterocycles. The summed E-state index contributed by atoms with van der Waals surface area (Å²) in [5, 5.41) is 11.0. The van der Waals surface area contributed by atoms with Gasteiger partial charge in [-0.3, -0.25) is 9.59 Å². The van der Waals surface area contributed by atoms with Crippen molar-refractivity contribution in [3.8, 4) is 0 Å². The molecule has 0 aromatic heterocycles. The van der Waals surface area contributed by atoms with E-state index in [-0.39, 0.29) is 11.3 Å². The number of hydrogen-bond donors (Lipinski definition) is 2. The molecule has 18 heavy (non-hydrogen) atoms. The summed E-state index contributed by atoms with van der Waals surface area (Å²) in [7, 11) is 0. The van der Waals surface area contributed by atoms with Crippen molar-refractivity contribution in [3.05, 3.63) is 29.3 Å². The van der Waals surface area contributed by atoms with E-state index in [1.165, 1.54) is 0 Å². The number of carbonyl (C=O) groups is 2. The van der Waals surface area contributed by atoms with Crippen molar-refractivity contribution in [2.45, 2.75) is 18.5 Å². The lowest BCUT2D eigenvalue weighted by atomic mass is 9.95. The van der Waals surface area contributed by atoms with E-state index in [1.807, 2.05) is 0 Å². The first-order valence-corrected chi connectivity index (χ1v) is 5.03. The molecule has 0 saturated carbocycles. The van der Waals surface area contributed by atoms with Crippen molar-refractivity contribution in [1.29, 1.82) is 0 Å². The zero-order chi connectivity index (χ0) is 13.5. The molecule has 1 aromatic carbocycles.